The van der Waals surface area contributed by atoms with Gasteiger partial charge in [-0.15, -0.1) is 0 Å². The molecule has 4 nitrogen and oxygen atoms in total. The van der Waals surface area contributed by atoms with Crippen molar-refractivity contribution in [3.63, 3.8) is 0 Å². The van der Waals surface area contributed by atoms with E-state index in [1.165, 1.54) is 5.56 Å². The zero-order chi connectivity index (χ0) is 21.9. The molecule has 1 aliphatic rings. The third-order valence-corrected chi connectivity index (χ3v) is 6.65. The molecule has 2 aromatic rings. The van der Waals surface area contributed by atoms with E-state index in [0.717, 1.165) is 64.3 Å². The van der Waals surface area contributed by atoms with Gasteiger partial charge in [-0.05, 0) is 36.4 Å². The van der Waals surface area contributed by atoms with Gasteiger partial charge in [0.05, 0.1) is 24.7 Å². The molecule has 1 unspecified atom stereocenters. The number of ether oxygens (including phenoxy) is 1. The van der Waals surface area contributed by atoms with E-state index in [2.05, 4.69) is 66.1 Å². The van der Waals surface area contributed by atoms with Crippen LogP contribution in [0.25, 0.3) is 0 Å². The second-order valence-corrected chi connectivity index (χ2v) is 8.93. The highest BCUT2D eigenvalue weighted by atomic mass is 16.5. The van der Waals surface area contributed by atoms with Gasteiger partial charge in [-0.2, -0.15) is 5.26 Å². The van der Waals surface area contributed by atoms with Crippen LogP contribution in [0.3, 0.4) is 0 Å². The average molecular weight is 420 g/mol. The number of nitriles is 1. The Kier molecular flexibility index (Phi) is 9.09. The Morgan fingerprint density at radius 1 is 0.903 bits per heavy atom. The summed E-state index contributed by atoms with van der Waals surface area (Å²) >= 11 is 0. The molecule has 1 heterocycles. The van der Waals surface area contributed by atoms with Crippen molar-refractivity contribution in [3.05, 3.63) is 71.8 Å². The quantitative estimate of drug-likeness (QED) is 0.494. The molecule has 0 saturated carbocycles. The van der Waals surface area contributed by atoms with E-state index in [0.29, 0.717) is 12.5 Å². The minimum atomic E-state index is -0.390. The first kappa shape index (κ1) is 23.5. The molecule has 0 radical (unpaired) electrons. The van der Waals surface area contributed by atoms with Crippen molar-refractivity contribution in [2.45, 2.75) is 38.7 Å². The summed E-state index contributed by atoms with van der Waals surface area (Å²) in [5.74, 6) is 0.299. The van der Waals surface area contributed by atoms with E-state index in [4.69, 9.17) is 4.74 Å². The zero-order valence-electron chi connectivity index (χ0n) is 19.2. The molecule has 0 amide bonds. The molecular formula is C27H37N3O. The fraction of sp³-hybridized carbons (Fsp3) is 0.519. The number of hydrogen-bond acceptors (Lipinski definition) is 4. The van der Waals surface area contributed by atoms with Gasteiger partial charge in [0.1, 0.15) is 0 Å². The van der Waals surface area contributed by atoms with Gasteiger partial charge in [0.25, 0.3) is 0 Å². The van der Waals surface area contributed by atoms with Crippen LogP contribution in [0.4, 0.5) is 0 Å². The Balaban J connectivity index is 1.36. The van der Waals surface area contributed by atoms with Gasteiger partial charge >= 0.3 is 0 Å². The molecule has 0 spiro atoms. The summed E-state index contributed by atoms with van der Waals surface area (Å²) in [7, 11) is 0. The van der Waals surface area contributed by atoms with Crippen LogP contribution in [0.1, 0.15) is 37.8 Å². The van der Waals surface area contributed by atoms with Crippen LogP contribution in [0, 0.1) is 17.2 Å². The highest BCUT2D eigenvalue weighted by molar-refractivity contribution is 5.33. The standard InChI is InChI=1S/C27H37N3O/c1-24(2)27(23-28,26-12-7-4-8-13-26)14-9-15-29-16-18-30(19-17-29)20-21-31-22-25-10-5-3-6-11-25/h3-8,10-13,24H,9,14-22H2,1-2H3. The fourth-order valence-electron chi connectivity index (χ4n) is 4.53. The molecule has 1 aliphatic heterocycles. The molecule has 0 N–H and O–H groups in total. The van der Waals surface area contributed by atoms with Gasteiger partial charge in [0.15, 0.2) is 0 Å². The van der Waals surface area contributed by atoms with E-state index < -0.39 is 0 Å². The van der Waals surface area contributed by atoms with Crippen molar-refractivity contribution in [3.8, 4) is 6.07 Å². The van der Waals surface area contributed by atoms with Crippen molar-refractivity contribution >= 4 is 0 Å². The van der Waals surface area contributed by atoms with Gasteiger partial charge in [-0.25, -0.2) is 0 Å². The van der Waals surface area contributed by atoms with Crippen LogP contribution in [-0.4, -0.2) is 55.7 Å². The van der Waals surface area contributed by atoms with Crippen LogP contribution in [0.15, 0.2) is 60.7 Å². The molecule has 3 rings (SSSR count). The van der Waals surface area contributed by atoms with Crippen molar-refractivity contribution in [1.82, 2.24) is 9.80 Å². The Bertz CT molecular complexity index is 794. The number of benzene rings is 2. The number of piperazine rings is 1. The van der Waals surface area contributed by atoms with Crippen molar-refractivity contribution < 1.29 is 4.74 Å². The van der Waals surface area contributed by atoms with E-state index >= 15 is 0 Å². The maximum atomic E-state index is 10.1. The molecule has 0 aliphatic carbocycles. The summed E-state index contributed by atoms with van der Waals surface area (Å²) in [5.41, 5.74) is 2.00. The molecule has 1 atom stereocenters. The van der Waals surface area contributed by atoms with Crippen LogP contribution in [-0.2, 0) is 16.8 Å². The second kappa shape index (κ2) is 12.0. The third-order valence-electron chi connectivity index (χ3n) is 6.65. The molecule has 1 fully saturated rings. The van der Waals surface area contributed by atoms with Gasteiger partial charge in [0, 0.05) is 32.7 Å². The van der Waals surface area contributed by atoms with E-state index in [9.17, 15) is 5.26 Å². The van der Waals surface area contributed by atoms with Gasteiger partial charge in [-0.3, -0.25) is 4.90 Å². The van der Waals surface area contributed by atoms with Crippen molar-refractivity contribution in [2.75, 3.05) is 45.9 Å². The molecule has 2 aromatic carbocycles. The van der Waals surface area contributed by atoms with E-state index in [-0.39, 0.29) is 5.41 Å². The van der Waals surface area contributed by atoms with Crippen molar-refractivity contribution in [1.29, 1.82) is 5.26 Å². The molecule has 0 bridgehead atoms. The SMILES string of the molecule is CC(C)C(C#N)(CCCN1CCN(CCOCc2ccccc2)CC1)c1ccccc1. The summed E-state index contributed by atoms with van der Waals surface area (Å²) in [4.78, 5) is 5.05. The van der Waals surface area contributed by atoms with Crippen LogP contribution >= 0.6 is 0 Å². The molecule has 1 saturated heterocycles. The summed E-state index contributed by atoms with van der Waals surface area (Å²) in [6.07, 6.45) is 1.97. The summed E-state index contributed by atoms with van der Waals surface area (Å²) in [6.45, 7) is 12.3. The first-order valence-electron chi connectivity index (χ1n) is 11.7. The van der Waals surface area contributed by atoms with Crippen LogP contribution in [0.2, 0.25) is 0 Å². The highest BCUT2D eigenvalue weighted by Crippen LogP contribution is 2.36. The fourth-order valence-corrected chi connectivity index (χ4v) is 4.53. The minimum absolute atomic E-state index is 0.299. The topological polar surface area (TPSA) is 39.5 Å². The van der Waals surface area contributed by atoms with Crippen molar-refractivity contribution in [2.24, 2.45) is 5.92 Å². The molecule has 4 heteroatoms. The molecule has 166 valence electrons. The highest BCUT2D eigenvalue weighted by Gasteiger charge is 2.35. The van der Waals surface area contributed by atoms with Gasteiger partial charge in [0.2, 0.25) is 0 Å². The monoisotopic (exact) mass is 419 g/mol. The first-order valence-corrected chi connectivity index (χ1v) is 11.7. The first-order chi connectivity index (χ1) is 15.1. The number of hydrogen-bond donors (Lipinski definition) is 0. The zero-order valence-corrected chi connectivity index (χ0v) is 19.2. The summed E-state index contributed by atoms with van der Waals surface area (Å²) < 4.78 is 5.84. The average Bonchev–Trinajstić information content (AvgIpc) is 2.82. The van der Waals surface area contributed by atoms with Gasteiger partial charge in [-0.1, -0.05) is 74.5 Å². The van der Waals surface area contributed by atoms with E-state index in [1.807, 2.05) is 24.3 Å². The largest absolute Gasteiger partial charge is 0.375 e. The van der Waals surface area contributed by atoms with E-state index in [1.54, 1.807) is 0 Å². The smallest absolute Gasteiger partial charge is 0.0845 e. The van der Waals surface area contributed by atoms with Crippen LogP contribution < -0.4 is 0 Å². The maximum Gasteiger partial charge on any atom is 0.0845 e. The summed E-state index contributed by atoms with van der Waals surface area (Å²) in [5, 5.41) is 10.1. The van der Waals surface area contributed by atoms with Crippen LogP contribution in [0.5, 0.6) is 0 Å². The Morgan fingerprint density at radius 3 is 2.06 bits per heavy atom. The predicted octanol–water partition coefficient (Wildman–Crippen LogP) is 4.72. The number of nitrogens with zero attached hydrogens (tertiary/aromatic N) is 3. The third kappa shape index (κ3) is 6.64. The van der Waals surface area contributed by atoms with Gasteiger partial charge < -0.3 is 9.64 Å². The predicted molar refractivity (Wildman–Crippen MR) is 127 cm³/mol. The summed E-state index contributed by atoms with van der Waals surface area (Å²) in [6, 6.07) is 23.4. The second-order valence-electron chi connectivity index (χ2n) is 8.93. The Labute approximate surface area is 188 Å². The number of rotatable bonds is 11. The molecule has 31 heavy (non-hydrogen) atoms. The lowest BCUT2D eigenvalue weighted by Crippen LogP contribution is -2.47. The maximum absolute atomic E-state index is 10.1. The molecular weight excluding hydrogens is 382 g/mol. The Morgan fingerprint density at radius 2 is 1.48 bits per heavy atom. The molecule has 0 aromatic heterocycles. The normalized spacial score (nSPS) is 17.4. The lowest BCUT2D eigenvalue weighted by Gasteiger charge is -2.36. The minimum Gasteiger partial charge on any atom is -0.375 e. The lowest BCUT2D eigenvalue weighted by atomic mass is 9.70. The lowest BCUT2D eigenvalue weighted by molar-refractivity contribution is 0.0676. The Hall–Kier alpha value is -2.19.